The molecule has 0 aliphatic carbocycles. The second-order valence-corrected chi connectivity index (χ2v) is 4.20. The van der Waals surface area contributed by atoms with Crippen LogP contribution in [0, 0.1) is 0 Å². The Hall–Kier alpha value is -2.17. The third-order valence-corrected chi connectivity index (χ3v) is 2.07. The van der Waals surface area contributed by atoms with Gasteiger partial charge in [-0.05, 0) is 24.3 Å². The molecule has 0 aliphatic rings. The first-order valence-corrected chi connectivity index (χ1v) is 6.55. The summed E-state index contributed by atoms with van der Waals surface area (Å²) in [5, 5.41) is 0. The fraction of sp³-hybridized carbons (Fsp3) is 0.250. The highest BCUT2D eigenvalue weighted by molar-refractivity contribution is 5.47. The van der Waals surface area contributed by atoms with E-state index >= 15 is 0 Å². The summed E-state index contributed by atoms with van der Waals surface area (Å²) in [6.45, 7) is 4.25. The maximum Gasteiger partial charge on any atom is 0.418 e. The first kappa shape index (κ1) is 18.8. The highest BCUT2D eigenvalue weighted by atomic mass is 19.4. The average Bonchev–Trinajstić information content (AvgIpc) is 2.40. The molecule has 21 heavy (non-hydrogen) atoms. The van der Waals surface area contributed by atoms with E-state index in [1.54, 1.807) is 0 Å². The number of nitrogen functional groups attached to an aromatic ring is 2. The molecule has 4 N–H and O–H groups in total. The Labute approximate surface area is 123 Å². The number of hydrogen-bond donors (Lipinski definition) is 2. The Morgan fingerprint density at radius 3 is 1.52 bits per heavy atom. The van der Waals surface area contributed by atoms with E-state index in [0.29, 0.717) is 0 Å². The van der Waals surface area contributed by atoms with Crippen LogP contribution in [0.2, 0.25) is 0 Å². The first-order chi connectivity index (χ1) is 9.82. The molecule has 2 nitrogen and oxygen atoms in total. The minimum absolute atomic E-state index is 0.236. The molecule has 0 unspecified atom stereocenters. The van der Waals surface area contributed by atoms with Gasteiger partial charge >= 0.3 is 6.18 Å². The van der Waals surface area contributed by atoms with E-state index in [-0.39, 0.29) is 5.69 Å². The number of rotatable bonds is 0. The Bertz CT molecular complexity index is 496. The molecule has 2 aromatic carbocycles. The summed E-state index contributed by atoms with van der Waals surface area (Å²) >= 11 is 0. The Morgan fingerprint density at radius 1 is 0.810 bits per heavy atom. The summed E-state index contributed by atoms with van der Waals surface area (Å²) < 4.78 is 35.9. The van der Waals surface area contributed by atoms with Crippen molar-refractivity contribution >= 4 is 11.4 Å². The van der Waals surface area contributed by atoms with E-state index in [1.807, 2.05) is 30.3 Å². The number of benzene rings is 2. The van der Waals surface area contributed by atoms with Crippen molar-refractivity contribution in [3.05, 3.63) is 60.2 Å². The monoisotopic (exact) mass is 298 g/mol. The number of hydrogen-bond acceptors (Lipinski definition) is 2. The molecular weight excluding hydrogens is 277 g/mol. The molecule has 0 aromatic heterocycles. The molecule has 0 bridgehead atoms. The van der Waals surface area contributed by atoms with Gasteiger partial charge in [0.15, 0.2) is 0 Å². The molecule has 0 heterocycles. The fourth-order valence-electron chi connectivity index (χ4n) is 1.21. The van der Waals surface area contributed by atoms with Gasteiger partial charge in [0.05, 0.1) is 5.56 Å². The van der Waals surface area contributed by atoms with Crippen LogP contribution < -0.4 is 11.5 Å². The first-order valence-electron chi connectivity index (χ1n) is 6.55. The Balaban J connectivity index is 0.000000342. The van der Waals surface area contributed by atoms with Gasteiger partial charge in [-0.3, -0.25) is 0 Å². The summed E-state index contributed by atoms with van der Waals surface area (Å²) in [4.78, 5) is 0. The second-order valence-electron chi connectivity index (χ2n) is 4.20. The lowest BCUT2D eigenvalue weighted by Crippen LogP contribution is -2.07. The quantitative estimate of drug-likeness (QED) is 0.674. The maximum absolute atomic E-state index is 12.0. The highest BCUT2D eigenvalue weighted by Crippen LogP contribution is 2.32. The summed E-state index contributed by atoms with van der Waals surface area (Å²) in [5.41, 5.74) is 10.3. The van der Waals surface area contributed by atoms with E-state index < -0.39 is 11.7 Å². The molecule has 116 valence electrons. The van der Waals surface area contributed by atoms with Crippen molar-refractivity contribution in [2.45, 2.75) is 26.4 Å². The van der Waals surface area contributed by atoms with Crippen LogP contribution in [0.4, 0.5) is 24.5 Å². The van der Waals surface area contributed by atoms with Crippen LogP contribution in [0.15, 0.2) is 54.6 Å². The molecule has 0 spiro atoms. The molecule has 0 atom stereocenters. The summed E-state index contributed by atoms with van der Waals surface area (Å²) in [6, 6.07) is 14.4. The lowest BCUT2D eigenvalue weighted by molar-refractivity contribution is -0.136. The summed E-state index contributed by atoms with van der Waals surface area (Å²) in [7, 11) is 0. The molecular formula is C16H21F3N2. The van der Waals surface area contributed by atoms with Gasteiger partial charge in [-0.2, -0.15) is 13.2 Å². The largest absolute Gasteiger partial charge is 0.418 e. The van der Waals surface area contributed by atoms with Crippen LogP contribution in [-0.2, 0) is 6.18 Å². The molecule has 5 heteroatoms. The van der Waals surface area contributed by atoms with Crippen molar-refractivity contribution in [3.63, 3.8) is 0 Å². The third kappa shape index (κ3) is 8.57. The lowest BCUT2D eigenvalue weighted by Gasteiger charge is -2.07. The number of nitrogens with two attached hydrogens (primary N) is 2. The van der Waals surface area contributed by atoms with Gasteiger partial charge in [-0.15, -0.1) is 0 Å². The molecule has 0 radical (unpaired) electrons. The number of anilines is 2. The van der Waals surface area contributed by atoms with Crippen LogP contribution in [-0.4, -0.2) is 0 Å². The lowest BCUT2D eigenvalue weighted by atomic mass is 10.2. The van der Waals surface area contributed by atoms with Crippen LogP contribution >= 0.6 is 0 Å². The van der Waals surface area contributed by atoms with Crippen molar-refractivity contribution in [1.82, 2.24) is 0 Å². The topological polar surface area (TPSA) is 52.0 Å². The normalized spacial score (nSPS) is 9.76. The van der Waals surface area contributed by atoms with Gasteiger partial charge in [0.1, 0.15) is 0 Å². The van der Waals surface area contributed by atoms with E-state index in [0.717, 1.165) is 11.8 Å². The van der Waals surface area contributed by atoms with Gasteiger partial charge in [-0.25, -0.2) is 0 Å². The van der Waals surface area contributed by atoms with Gasteiger partial charge in [0.2, 0.25) is 0 Å². The van der Waals surface area contributed by atoms with Crippen molar-refractivity contribution in [2.24, 2.45) is 0 Å². The van der Waals surface area contributed by atoms with Crippen LogP contribution in [0.25, 0.3) is 0 Å². The van der Waals surface area contributed by atoms with Crippen molar-refractivity contribution in [1.29, 1.82) is 0 Å². The Morgan fingerprint density at radius 2 is 1.24 bits per heavy atom. The predicted molar refractivity (Wildman–Crippen MR) is 82.7 cm³/mol. The van der Waals surface area contributed by atoms with Gasteiger partial charge < -0.3 is 11.5 Å². The van der Waals surface area contributed by atoms with E-state index in [2.05, 4.69) is 13.8 Å². The molecule has 0 saturated heterocycles. The smallest absolute Gasteiger partial charge is 0.399 e. The molecule has 2 aromatic rings. The second kappa shape index (κ2) is 9.69. The van der Waals surface area contributed by atoms with Crippen LogP contribution in [0.3, 0.4) is 0 Å². The van der Waals surface area contributed by atoms with Crippen LogP contribution in [0.5, 0.6) is 0 Å². The van der Waals surface area contributed by atoms with Crippen molar-refractivity contribution < 1.29 is 13.2 Å². The van der Waals surface area contributed by atoms with Crippen LogP contribution in [0.1, 0.15) is 25.8 Å². The number of para-hydroxylation sites is 2. The maximum atomic E-state index is 12.0. The molecule has 0 aliphatic heterocycles. The minimum atomic E-state index is -4.34. The van der Waals surface area contributed by atoms with Gasteiger partial charge in [0.25, 0.3) is 0 Å². The average molecular weight is 298 g/mol. The fourth-order valence-corrected chi connectivity index (χ4v) is 1.21. The zero-order chi connectivity index (χ0) is 16.3. The van der Waals surface area contributed by atoms with Gasteiger partial charge in [-0.1, -0.05) is 50.6 Å². The molecule has 0 amide bonds. The van der Waals surface area contributed by atoms with E-state index in [1.165, 1.54) is 24.6 Å². The predicted octanol–water partition coefficient (Wildman–Crippen LogP) is 4.97. The molecule has 0 saturated carbocycles. The molecule has 0 fully saturated rings. The van der Waals surface area contributed by atoms with E-state index in [9.17, 15) is 13.2 Å². The Kier molecular flexibility index (Phi) is 8.69. The number of alkyl halides is 3. The van der Waals surface area contributed by atoms with Gasteiger partial charge in [0, 0.05) is 11.4 Å². The standard InChI is InChI=1S/C7H6F3N.C6H7N.C3H8/c8-7(9,10)5-3-1-2-4-6(5)11;7-6-4-2-1-3-5-6;1-3-2/h1-4H,11H2;1-5H,7H2;3H2,1-2H3. The summed E-state index contributed by atoms with van der Waals surface area (Å²) in [5.74, 6) is 0. The number of halogens is 3. The summed E-state index contributed by atoms with van der Waals surface area (Å²) in [6.07, 6.45) is -3.09. The van der Waals surface area contributed by atoms with E-state index in [4.69, 9.17) is 11.5 Å². The minimum Gasteiger partial charge on any atom is -0.399 e. The SMILES string of the molecule is CCC.Nc1ccccc1.Nc1ccccc1C(F)(F)F. The van der Waals surface area contributed by atoms with Crippen molar-refractivity contribution in [2.75, 3.05) is 11.5 Å². The zero-order valence-corrected chi connectivity index (χ0v) is 12.2. The zero-order valence-electron chi connectivity index (χ0n) is 12.2. The molecule has 2 rings (SSSR count). The highest BCUT2D eigenvalue weighted by Gasteiger charge is 2.32. The third-order valence-electron chi connectivity index (χ3n) is 2.07. The van der Waals surface area contributed by atoms with Crippen molar-refractivity contribution in [3.8, 4) is 0 Å².